The Morgan fingerprint density at radius 1 is 1.52 bits per heavy atom. The van der Waals surface area contributed by atoms with E-state index in [1.54, 1.807) is 11.3 Å². The molecule has 0 aliphatic carbocycles. The molecule has 2 aromatic heterocycles. The van der Waals surface area contributed by atoms with Crippen molar-refractivity contribution in [3.63, 3.8) is 0 Å². The lowest BCUT2D eigenvalue weighted by atomic mass is 10.00. The van der Waals surface area contributed by atoms with Gasteiger partial charge in [0.2, 0.25) is 5.91 Å². The highest BCUT2D eigenvalue weighted by Gasteiger charge is 2.34. The smallest absolute Gasteiger partial charge is 0.220 e. The van der Waals surface area contributed by atoms with Gasteiger partial charge in [0.05, 0.1) is 11.7 Å². The number of carbonyl (C=O) groups excluding carboxylic acids is 1. The van der Waals surface area contributed by atoms with Crippen LogP contribution in [0.4, 0.5) is 0 Å². The van der Waals surface area contributed by atoms with Crippen molar-refractivity contribution in [1.29, 1.82) is 0 Å². The molecule has 124 valence electrons. The summed E-state index contributed by atoms with van der Waals surface area (Å²) in [6.07, 6.45) is 2.08. The largest absolute Gasteiger partial charge is 0.371 e. The summed E-state index contributed by atoms with van der Waals surface area (Å²) in [6, 6.07) is 4.13. The first-order valence-corrected chi connectivity index (χ1v) is 8.87. The average molecular weight is 333 g/mol. The fourth-order valence-electron chi connectivity index (χ4n) is 3.19. The van der Waals surface area contributed by atoms with Crippen molar-refractivity contribution >= 4 is 17.2 Å². The molecule has 1 saturated heterocycles. The van der Waals surface area contributed by atoms with E-state index in [4.69, 9.17) is 4.74 Å². The summed E-state index contributed by atoms with van der Waals surface area (Å²) in [5.41, 5.74) is 3.20. The van der Waals surface area contributed by atoms with Crippen molar-refractivity contribution in [3.8, 4) is 0 Å². The molecular weight excluding hydrogens is 310 g/mol. The number of carbonyl (C=O) groups is 1. The maximum absolute atomic E-state index is 12.3. The summed E-state index contributed by atoms with van der Waals surface area (Å²) in [4.78, 5) is 13.5. The zero-order chi connectivity index (χ0) is 16.4. The van der Waals surface area contributed by atoms with Crippen LogP contribution in [-0.4, -0.2) is 28.3 Å². The third kappa shape index (κ3) is 3.48. The summed E-state index contributed by atoms with van der Waals surface area (Å²) in [6.45, 7) is 4.72. The number of nitrogens with one attached hydrogen (secondary N) is 1. The summed E-state index contributed by atoms with van der Waals surface area (Å²) in [5.74, 6) is 0.0955. The van der Waals surface area contributed by atoms with Gasteiger partial charge in [-0.05, 0) is 38.1 Å². The van der Waals surface area contributed by atoms with Crippen LogP contribution in [0.25, 0.3) is 0 Å². The molecular formula is C17H23N3O2S. The van der Waals surface area contributed by atoms with E-state index in [1.807, 2.05) is 37.0 Å². The van der Waals surface area contributed by atoms with E-state index in [0.29, 0.717) is 13.0 Å². The molecule has 2 atom stereocenters. The Bertz CT molecular complexity index is 678. The van der Waals surface area contributed by atoms with Gasteiger partial charge in [-0.1, -0.05) is 6.07 Å². The first-order chi connectivity index (χ1) is 11.1. The molecule has 1 fully saturated rings. The van der Waals surface area contributed by atoms with Crippen molar-refractivity contribution in [1.82, 2.24) is 15.1 Å². The standard InChI is InChI=1S/C17H23N3O2S/c1-11-16(12(2)20(3)19-11)17-14(8-9-22-17)18-15(21)7-6-13-5-4-10-23-13/h4-5,10,14,17H,6-9H2,1-3H3,(H,18,21)/t14-,17-/m0/s1. The molecule has 0 aromatic carbocycles. The second kappa shape index (κ2) is 6.84. The van der Waals surface area contributed by atoms with E-state index >= 15 is 0 Å². The number of hydrogen-bond donors (Lipinski definition) is 1. The van der Waals surface area contributed by atoms with E-state index in [2.05, 4.69) is 16.5 Å². The van der Waals surface area contributed by atoms with Gasteiger partial charge in [-0.2, -0.15) is 5.10 Å². The molecule has 6 heteroatoms. The molecule has 3 rings (SSSR count). The minimum absolute atomic E-state index is 0.0347. The molecule has 5 nitrogen and oxygen atoms in total. The van der Waals surface area contributed by atoms with Gasteiger partial charge in [-0.15, -0.1) is 11.3 Å². The number of aryl methyl sites for hydroxylation is 3. The van der Waals surface area contributed by atoms with Crippen LogP contribution < -0.4 is 5.32 Å². The zero-order valence-corrected chi connectivity index (χ0v) is 14.7. The number of thiophene rings is 1. The second-order valence-electron chi connectivity index (χ2n) is 6.04. The Balaban J connectivity index is 1.63. The molecule has 2 aromatic rings. The van der Waals surface area contributed by atoms with E-state index in [-0.39, 0.29) is 18.1 Å². The first kappa shape index (κ1) is 16.2. The number of amides is 1. The summed E-state index contributed by atoms with van der Waals surface area (Å²) in [7, 11) is 1.94. The lowest BCUT2D eigenvalue weighted by molar-refractivity contribution is -0.122. The Hall–Kier alpha value is -1.66. The van der Waals surface area contributed by atoms with E-state index in [0.717, 1.165) is 29.8 Å². The highest BCUT2D eigenvalue weighted by atomic mass is 32.1. The minimum atomic E-state index is -0.0885. The number of rotatable bonds is 5. The quantitative estimate of drug-likeness (QED) is 0.915. The van der Waals surface area contributed by atoms with Crippen LogP contribution in [0, 0.1) is 13.8 Å². The fourth-order valence-corrected chi connectivity index (χ4v) is 3.90. The average Bonchev–Trinajstić information content (AvgIpc) is 3.21. The first-order valence-electron chi connectivity index (χ1n) is 7.99. The SMILES string of the molecule is Cc1nn(C)c(C)c1[C@H]1OCC[C@@H]1NC(=O)CCc1cccs1. The maximum atomic E-state index is 12.3. The molecule has 0 saturated carbocycles. The zero-order valence-electron chi connectivity index (χ0n) is 13.8. The Morgan fingerprint density at radius 2 is 2.35 bits per heavy atom. The van der Waals surface area contributed by atoms with Gasteiger partial charge in [0, 0.05) is 36.2 Å². The summed E-state index contributed by atoms with van der Waals surface area (Å²) >= 11 is 1.70. The molecule has 0 bridgehead atoms. The Kier molecular flexibility index (Phi) is 4.82. The van der Waals surface area contributed by atoms with Gasteiger partial charge < -0.3 is 10.1 Å². The summed E-state index contributed by atoms with van der Waals surface area (Å²) in [5, 5.41) is 9.67. The van der Waals surface area contributed by atoms with Crippen LogP contribution in [0.5, 0.6) is 0 Å². The van der Waals surface area contributed by atoms with E-state index in [9.17, 15) is 4.79 Å². The van der Waals surface area contributed by atoms with Gasteiger partial charge in [-0.25, -0.2) is 0 Å². The number of ether oxygens (including phenoxy) is 1. The lowest BCUT2D eigenvalue weighted by Crippen LogP contribution is -2.37. The van der Waals surface area contributed by atoms with Crippen LogP contribution in [0.1, 0.15) is 40.8 Å². The van der Waals surface area contributed by atoms with Gasteiger partial charge >= 0.3 is 0 Å². The van der Waals surface area contributed by atoms with Crippen LogP contribution in [0.15, 0.2) is 17.5 Å². The van der Waals surface area contributed by atoms with Crippen LogP contribution in [0.3, 0.4) is 0 Å². The monoisotopic (exact) mass is 333 g/mol. The van der Waals surface area contributed by atoms with Crippen molar-refractivity contribution in [3.05, 3.63) is 39.3 Å². The molecule has 23 heavy (non-hydrogen) atoms. The van der Waals surface area contributed by atoms with Gasteiger partial charge in [-0.3, -0.25) is 9.48 Å². The Labute approximate surface area is 140 Å². The van der Waals surface area contributed by atoms with Crippen molar-refractivity contribution in [2.75, 3.05) is 6.61 Å². The van der Waals surface area contributed by atoms with Crippen LogP contribution >= 0.6 is 11.3 Å². The normalized spacial score (nSPS) is 20.8. The van der Waals surface area contributed by atoms with Gasteiger partial charge in [0.1, 0.15) is 6.10 Å². The van der Waals surface area contributed by atoms with Gasteiger partial charge in [0.25, 0.3) is 0 Å². The number of aromatic nitrogens is 2. The van der Waals surface area contributed by atoms with Crippen molar-refractivity contribution in [2.24, 2.45) is 7.05 Å². The topological polar surface area (TPSA) is 56.1 Å². The van der Waals surface area contributed by atoms with Crippen LogP contribution in [-0.2, 0) is 23.0 Å². The third-order valence-corrected chi connectivity index (χ3v) is 5.40. The molecule has 0 spiro atoms. The van der Waals surface area contributed by atoms with E-state index < -0.39 is 0 Å². The molecule has 0 unspecified atom stereocenters. The summed E-state index contributed by atoms with van der Waals surface area (Å²) < 4.78 is 7.79. The molecule has 0 radical (unpaired) electrons. The number of hydrogen-bond acceptors (Lipinski definition) is 4. The lowest BCUT2D eigenvalue weighted by Gasteiger charge is -2.20. The molecule has 1 N–H and O–H groups in total. The maximum Gasteiger partial charge on any atom is 0.220 e. The third-order valence-electron chi connectivity index (χ3n) is 4.47. The second-order valence-corrected chi connectivity index (χ2v) is 7.07. The molecule has 1 amide bonds. The Morgan fingerprint density at radius 3 is 3.00 bits per heavy atom. The minimum Gasteiger partial charge on any atom is -0.371 e. The van der Waals surface area contributed by atoms with Gasteiger partial charge in [0.15, 0.2) is 0 Å². The van der Waals surface area contributed by atoms with Crippen LogP contribution in [0.2, 0.25) is 0 Å². The van der Waals surface area contributed by atoms with E-state index in [1.165, 1.54) is 4.88 Å². The molecule has 1 aliphatic rings. The van der Waals surface area contributed by atoms with Crippen molar-refractivity contribution < 1.29 is 9.53 Å². The number of nitrogens with zero attached hydrogens (tertiary/aromatic N) is 2. The highest BCUT2D eigenvalue weighted by molar-refractivity contribution is 7.09. The van der Waals surface area contributed by atoms with Crippen molar-refractivity contribution in [2.45, 2.75) is 45.3 Å². The predicted molar refractivity (Wildman–Crippen MR) is 90.6 cm³/mol. The highest BCUT2D eigenvalue weighted by Crippen LogP contribution is 2.33. The fraction of sp³-hybridized carbons (Fsp3) is 0.529. The predicted octanol–water partition coefficient (Wildman–Crippen LogP) is 2.68. The molecule has 1 aliphatic heterocycles. The molecule has 3 heterocycles.